The van der Waals surface area contributed by atoms with Crippen molar-refractivity contribution in [3.63, 3.8) is 0 Å². The van der Waals surface area contributed by atoms with Crippen LogP contribution >= 0.6 is 11.8 Å². The number of aromatic nitrogens is 2. The second-order valence-electron chi connectivity index (χ2n) is 7.54. The fraction of sp³-hybridized carbons (Fsp3) is 0.250. The number of thioether (sulfide) groups is 1. The highest BCUT2D eigenvalue weighted by atomic mass is 32.2. The summed E-state index contributed by atoms with van der Waals surface area (Å²) in [5.41, 5.74) is 6.69. The van der Waals surface area contributed by atoms with Crippen molar-refractivity contribution in [2.24, 2.45) is 0 Å². The number of benzene rings is 1. The number of aromatic amines is 1. The minimum atomic E-state index is 0.536. The van der Waals surface area contributed by atoms with Gasteiger partial charge in [-0.05, 0) is 62.1 Å². The van der Waals surface area contributed by atoms with Crippen molar-refractivity contribution in [3.8, 4) is 6.07 Å². The van der Waals surface area contributed by atoms with E-state index in [1.807, 2.05) is 13.0 Å². The van der Waals surface area contributed by atoms with Gasteiger partial charge in [0, 0.05) is 40.9 Å². The van der Waals surface area contributed by atoms with Gasteiger partial charge >= 0.3 is 0 Å². The van der Waals surface area contributed by atoms with Crippen LogP contribution in [0.25, 0.3) is 16.6 Å². The van der Waals surface area contributed by atoms with E-state index in [0.717, 1.165) is 47.6 Å². The normalized spacial score (nSPS) is 14.8. The van der Waals surface area contributed by atoms with Crippen LogP contribution in [0.4, 0.5) is 11.4 Å². The van der Waals surface area contributed by atoms with Crippen LogP contribution in [-0.4, -0.2) is 35.0 Å². The van der Waals surface area contributed by atoms with Crippen LogP contribution in [0.1, 0.15) is 30.2 Å². The van der Waals surface area contributed by atoms with Gasteiger partial charge in [0.2, 0.25) is 0 Å². The summed E-state index contributed by atoms with van der Waals surface area (Å²) >= 11 is 1.69. The molecule has 0 spiro atoms. The van der Waals surface area contributed by atoms with E-state index in [4.69, 9.17) is 0 Å². The number of hydrogen-bond acceptors (Lipinski definition) is 5. The molecule has 30 heavy (non-hydrogen) atoms. The molecule has 0 bridgehead atoms. The van der Waals surface area contributed by atoms with Crippen molar-refractivity contribution in [2.45, 2.75) is 25.2 Å². The average molecular weight is 416 g/mol. The maximum atomic E-state index is 9.69. The third-order valence-corrected chi connectivity index (χ3v) is 6.43. The topological polar surface area (TPSA) is 67.7 Å². The molecule has 2 aromatic heterocycles. The summed E-state index contributed by atoms with van der Waals surface area (Å²) in [6.07, 6.45) is 6.93. The monoisotopic (exact) mass is 415 g/mol. The zero-order valence-corrected chi connectivity index (χ0v) is 18.3. The van der Waals surface area contributed by atoms with Gasteiger partial charge in [0.05, 0.1) is 11.3 Å². The van der Waals surface area contributed by atoms with E-state index in [1.54, 1.807) is 18.0 Å². The molecular formula is C24H25N5S. The van der Waals surface area contributed by atoms with E-state index in [9.17, 15) is 5.26 Å². The van der Waals surface area contributed by atoms with E-state index in [0.29, 0.717) is 5.56 Å². The van der Waals surface area contributed by atoms with Crippen LogP contribution in [0.2, 0.25) is 0 Å². The lowest BCUT2D eigenvalue weighted by Gasteiger charge is -2.21. The van der Waals surface area contributed by atoms with Crippen LogP contribution in [0.15, 0.2) is 52.9 Å². The molecule has 0 saturated heterocycles. The lowest BCUT2D eigenvalue weighted by molar-refractivity contribution is 0.370. The van der Waals surface area contributed by atoms with Crippen molar-refractivity contribution in [2.75, 3.05) is 25.5 Å². The Balaban J connectivity index is 1.74. The Bertz CT molecular complexity index is 1180. The molecule has 0 aliphatic carbocycles. The summed E-state index contributed by atoms with van der Waals surface area (Å²) < 4.78 is 0. The Morgan fingerprint density at radius 1 is 1.33 bits per heavy atom. The molecule has 3 heterocycles. The smallest absolute Gasteiger partial charge is 0.139 e. The first-order valence-electron chi connectivity index (χ1n) is 10.0. The van der Waals surface area contributed by atoms with Gasteiger partial charge in [-0.2, -0.15) is 5.26 Å². The van der Waals surface area contributed by atoms with Crippen LogP contribution in [-0.2, 0) is 0 Å². The Labute approximate surface area is 181 Å². The molecule has 6 heteroatoms. The number of allylic oxidation sites excluding steroid dienone is 1. The molecule has 0 saturated carbocycles. The van der Waals surface area contributed by atoms with Crippen LogP contribution < -0.4 is 5.32 Å². The zero-order chi connectivity index (χ0) is 21.1. The highest BCUT2D eigenvalue weighted by molar-refractivity contribution is 8.02. The first-order chi connectivity index (χ1) is 14.6. The molecule has 1 aliphatic heterocycles. The van der Waals surface area contributed by atoms with Gasteiger partial charge in [-0.15, -0.1) is 0 Å². The van der Waals surface area contributed by atoms with E-state index in [-0.39, 0.29) is 0 Å². The number of pyridine rings is 1. The van der Waals surface area contributed by atoms with E-state index >= 15 is 0 Å². The zero-order valence-electron chi connectivity index (χ0n) is 17.5. The summed E-state index contributed by atoms with van der Waals surface area (Å²) in [4.78, 5) is 11.4. The van der Waals surface area contributed by atoms with Gasteiger partial charge in [0.15, 0.2) is 0 Å². The number of hydrogen-bond donors (Lipinski definition) is 2. The summed E-state index contributed by atoms with van der Waals surface area (Å²) in [6, 6.07) is 10.7. The second kappa shape index (κ2) is 8.78. The van der Waals surface area contributed by atoms with Gasteiger partial charge in [-0.3, -0.25) is 0 Å². The van der Waals surface area contributed by atoms with Crippen LogP contribution in [0.3, 0.4) is 0 Å². The molecule has 152 valence electrons. The number of H-pyrrole nitrogens is 1. The first-order valence-corrected chi connectivity index (χ1v) is 10.9. The molecule has 5 nitrogen and oxygen atoms in total. The van der Waals surface area contributed by atoms with E-state index in [1.165, 1.54) is 16.0 Å². The van der Waals surface area contributed by atoms with Crippen molar-refractivity contribution < 1.29 is 0 Å². The molecule has 0 amide bonds. The Morgan fingerprint density at radius 2 is 2.20 bits per heavy atom. The van der Waals surface area contributed by atoms with Gasteiger partial charge in [0.1, 0.15) is 11.7 Å². The first kappa shape index (κ1) is 20.3. The lowest BCUT2D eigenvalue weighted by atomic mass is 10.0. The minimum absolute atomic E-state index is 0.536. The van der Waals surface area contributed by atoms with Crippen molar-refractivity contribution in [1.82, 2.24) is 14.9 Å². The Morgan fingerprint density at radius 3 is 2.93 bits per heavy atom. The molecule has 1 aliphatic rings. The molecule has 0 fully saturated rings. The molecule has 3 aromatic rings. The molecule has 2 N–H and O–H groups in total. The number of likely N-dealkylation sites (N-methyl/N-ethyl adjacent to an activating group) is 1. The molecule has 0 radical (unpaired) electrons. The van der Waals surface area contributed by atoms with Gasteiger partial charge < -0.3 is 15.2 Å². The fourth-order valence-electron chi connectivity index (χ4n) is 3.57. The molecule has 0 unspecified atom stereocenters. The van der Waals surface area contributed by atoms with Crippen molar-refractivity contribution in [1.29, 1.82) is 5.26 Å². The van der Waals surface area contributed by atoms with E-state index in [2.05, 4.69) is 76.0 Å². The predicted octanol–water partition coefficient (Wildman–Crippen LogP) is 5.83. The standard InChI is InChI=1S/C24H25N5S/c1-4-11-30-22-12-19(6-5-16(22)2)27-23-18(14-25)15-26-24-20(23)13-21(28-24)17-7-9-29(3)10-8-17/h4-7,11-13,15H,8-10H2,1-3H3,(H2,26,27,28)/b11-4+. The van der Waals surface area contributed by atoms with Gasteiger partial charge in [-0.25, -0.2) is 4.98 Å². The summed E-state index contributed by atoms with van der Waals surface area (Å²) in [6.45, 7) is 6.11. The van der Waals surface area contributed by atoms with Crippen molar-refractivity contribution in [3.05, 3.63) is 64.8 Å². The fourth-order valence-corrected chi connectivity index (χ4v) is 4.30. The number of fused-ring (bicyclic) bond motifs is 1. The highest BCUT2D eigenvalue weighted by Crippen LogP contribution is 2.34. The number of nitriles is 1. The van der Waals surface area contributed by atoms with Crippen LogP contribution in [0, 0.1) is 18.3 Å². The number of aryl methyl sites for hydroxylation is 1. The van der Waals surface area contributed by atoms with Gasteiger partial charge in [-0.1, -0.05) is 30.0 Å². The van der Waals surface area contributed by atoms with Gasteiger partial charge in [0.25, 0.3) is 0 Å². The summed E-state index contributed by atoms with van der Waals surface area (Å²) in [7, 11) is 2.13. The molecule has 4 rings (SSSR count). The predicted molar refractivity (Wildman–Crippen MR) is 126 cm³/mol. The Kier molecular flexibility index (Phi) is 5.93. The highest BCUT2D eigenvalue weighted by Gasteiger charge is 2.16. The molecule has 1 aromatic carbocycles. The average Bonchev–Trinajstić information content (AvgIpc) is 3.19. The number of nitrogens with zero attached hydrogens (tertiary/aromatic N) is 3. The summed E-state index contributed by atoms with van der Waals surface area (Å²) in [5.74, 6) is 0. The Hall–Kier alpha value is -3.01. The maximum absolute atomic E-state index is 9.69. The van der Waals surface area contributed by atoms with E-state index < -0.39 is 0 Å². The molecular weight excluding hydrogens is 390 g/mol. The largest absolute Gasteiger partial charge is 0.354 e. The third kappa shape index (κ3) is 4.13. The van der Waals surface area contributed by atoms with Crippen LogP contribution in [0.5, 0.6) is 0 Å². The SMILES string of the molecule is C/C=C/Sc1cc(Nc2c(C#N)cnc3[nH]c(C4=CCN(C)CC4)cc23)ccc1C. The van der Waals surface area contributed by atoms with Crippen molar-refractivity contribution >= 4 is 39.7 Å². The number of rotatable bonds is 5. The number of nitrogens with one attached hydrogen (secondary N) is 2. The summed E-state index contributed by atoms with van der Waals surface area (Å²) in [5, 5.41) is 16.2. The third-order valence-electron chi connectivity index (χ3n) is 5.33. The quantitative estimate of drug-likeness (QED) is 0.513. The second-order valence-corrected chi connectivity index (χ2v) is 8.49. The molecule has 0 atom stereocenters. The lowest BCUT2D eigenvalue weighted by Crippen LogP contribution is -2.23. The maximum Gasteiger partial charge on any atom is 0.139 e. The minimum Gasteiger partial charge on any atom is -0.354 e. The number of anilines is 2.